The van der Waals surface area contributed by atoms with E-state index in [-0.39, 0.29) is 0 Å². The van der Waals surface area contributed by atoms with Crippen LogP contribution in [-0.2, 0) is 0 Å². The summed E-state index contributed by atoms with van der Waals surface area (Å²) in [7, 11) is 4.34. The highest BCUT2D eigenvalue weighted by Gasteiger charge is 2.15. The van der Waals surface area contributed by atoms with Crippen molar-refractivity contribution in [3.05, 3.63) is 59.6 Å². The Morgan fingerprint density at radius 1 is 0.593 bits per heavy atom. The van der Waals surface area contributed by atoms with Gasteiger partial charge in [-0.05, 0) is 38.4 Å². The van der Waals surface area contributed by atoms with Gasteiger partial charge < -0.3 is 19.6 Å². The first-order valence-corrected chi connectivity index (χ1v) is 10.2. The molecule has 0 amide bonds. The molecule has 27 heavy (non-hydrogen) atoms. The molecule has 4 nitrogen and oxygen atoms in total. The molecule has 0 radical (unpaired) electrons. The Morgan fingerprint density at radius 2 is 1.07 bits per heavy atom. The van der Waals surface area contributed by atoms with E-state index in [1.54, 1.807) is 0 Å². The lowest BCUT2D eigenvalue weighted by atomic mass is 10.2. The van der Waals surface area contributed by atoms with Gasteiger partial charge in [-0.1, -0.05) is 41.9 Å². The van der Waals surface area contributed by atoms with Gasteiger partial charge in [-0.3, -0.25) is 0 Å². The van der Waals surface area contributed by atoms with Crippen molar-refractivity contribution in [2.45, 2.75) is 0 Å². The first-order chi connectivity index (χ1) is 13.1. The SMILES string of the molecule is CN1CCN(c2ccccc2)CC1.CN1CCN(c2ccccc2Cl)CC1. The standard InChI is InChI=1S/C11H15ClN2.C11H16N2/c1-13-6-8-14(9-7-13)11-5-3-2-4-10(11)12;1-12-7-9-13(10-8-12)11-5-3-2-4-6-11/h2-5H,6-9H2,1H3;2-6H,7-10H2,1H3. The van der Waals surface area contributed by atoms with Crippen molar-refractivity contribution in [3.63, 3.8) is 0 Å². The minimum atomic E-state index is 0.858. The third-order valence-electron chi connectivity index (χ3n) is 5.32. The average molecular weight is 387 g/mol. The van der Waals surface area contributed by atoms with Crippen LogP contribution in [0.5, 0.6) is 0 Å². The van der Waals surface area contributed by atoms with Crippen LogP contribution in [0.3, 0.4) is 0 Å². The number of nitrogens with zero attached hydrogens (tertiary/aromatic N) is 4. The van der Waals surface area contributed by atoms with Crippen LogP contribution in [-0.4, -0.2) is 76.3 Å². The highest BCUT2D eigenvalue weighted by molar-refractivity contribution is 6.33. The lowest BCUT2D eigenvalue weighted by molar-refractivity contribution is 0.313. The number of piperazine rings is 2. The second kappa shape index (κ2) is 9.98. The smallest absolute Gasteiger partial charge is 0.0639 e. The molecule has 146 valence electrons. The normalized spacial score (nSPS) is 18.8. The van der Waals surface area contributed by atoms with E-state index in [9.17, 15) is 0 Å². The maximum Gasteiger partial charge on any atom is 0.0639 e. The van der Waals surface area contributed by atoms with Gasteiger partial charge in [0.05, 0.1) is 10.7 Å². The van der Waals surface area contributed by atoms with Gasteiger partial charge in [-0.15, -0.1) is 0 Å². The number of anilines is 2. The fourth-order valence-corrected chi connectivity index (χ4v) is 3.71. The molecule has 2 fully saturated rings. The molecule has 0 aliphatic carbocycles. The lowest BCUT2D eigenvalue weighted by Gasteiger charge is -2.34. The van der Waals surface area contributed by atoms with Crippen molar-refractivity contribution in [3.8, 4) is 0 Å². The molecule has 2 aliphatic heterocycles. The van der Waals surface area contributed by atoms with E-state index in [1.165, 1.54) is 24.5 Å². The van der Waals surface area contributed by atoms with E-state index in [0.29, 0.717) is 0 Å². The fourth-order valence-electron chi connectivity index (χ4n) is 3.46. The van der Waals surface area contributed by atoms with Gasteiger partial charge in [0.25, 0.3) is 0 Å². The quantitative estimate of drug-likeness (QED) is 0.782. The largest absolute Gasteiger partial charge is 0.369 e. The number of benzene rings is 2. The number of hydrogen-bond acceptors (Lipinski definition) is 4. The minimum Gasteiger partial charge on any atom is -0.369 e. The van der Waals surface area contributed by atoms with Crippen LogP contribution in [0, 0.1) is 0 Å². The highest BCUT2D eigenvalue weighted by Crippen LogP contribution is 2.25. The molecular formula is C22H31ClN4. The summed E-state index contributed by atoms with van der Waals surface area (Å²) < 4.78 is 0. The maximum atomic E-state index is 6.14. The second-order valence-corrected chi connectivity index (χ2v) is 7.77. The molecule has 0 atom stereocenters. The summed E-state index contributed by atoms with van der Waals surface area (Å²) in [5.41, 5.74) is 2.53. The number of para-hydroxylation sites is 2. The molecule has 2 aromatic rings. The molecule has 0 unspecified atom stereocenters. The van der Waals surface area contributed by atoms with Gasteiger partial charge in [0.2, 0.25) is 0 Å². The molecule has 2 aliphatic rings. The molecule has 2 aromatic carbocycles. The van der Waals surface area contributed by atoms with Gasteiger partial charge in [0.15, 0.2) is 0 Å². The van der Waals surface area contributed by atoms with Crippen molar-refractivity contribution in [2.24, 2.45) is 0 Å². The Labute approximate surface area is 168 Å². The summed E-state index contributed by atoms with van der Waals surface area (Å²) in [6, 6.07) is 18.7. The second-order valence-electron chi connectivity index (χ2n) is 7.37. The van der Waals surface area contributed by atoms with Crippen molar-refractivity contribution in [2.75, 3.05) is 76.3 Å². The molecule has 0 spiro atoms. The summed E-state index contributed by atoms with van der Waals surface area (Å²) in [5, 5.41) is 0.858. The summed E-state index contributed by atoms with van der Waals surface area (Å²) >= 11 is 6.14. The Morgan fingerprint density at radius 3 is 1.63 bits per heavy atom. The van der Waals surface area contributed by atoms with Gasteiger partial charge in [-0.2, -0.15) is 0 Å². The summed E-state index contributed by atoms with van der Waals surface area (Å²) in [4.78, 5) is 9.51. The molecule has 5 heteroatoms. The zero-order valence-corrected chi connectivity index (χ0v) is 17.3. The zero-order valence-electron chi connectivity index (χ0n) is 16.5. The van der Waals surface area contributed by atoms with Crippen LogP contribution in [0.2, 0.25) is 5.02 Å². The topological polar surface area (TPSA) is 13.0 Å². The lowest BCUT2D eigenvalue weighted by Crippen LogP contribution is -2.44. The third kappa shape index (κ3) is 5.86. The Hall–Kier alpha value is -1.75. The van der Waals surface area contributed by atoms with E-state index in [4.69, 9.17) is 11.6 Å². The number of hydrogen-bond donors (Lipinski definition) is 0. The van der Waals surface area contributed by atoms with E-state index >= 15 is 0 Å². The summed E-state index contributed by atoms with van der Waals surface area (Å²) in [6.45, 7) is 9.03. The predicted molar refractivity (Wildman–Crippen MR) is 117 cm³/mol. The fraction of sp³-hybridized carbons (Fsp3) is 0.455. The van der Waals surface area contributed by atoms with Crippen LogP contribution in [0.1, 0.15) is 0 Å². The molecule has 0 bridgehead atoms. The highest BCUT2D eigenvalue weighted by atomic mass is 35.5. The number of rotatable bonds is 2. The van der Waals surface area contributed by atoms with Gasteiger partial charge in [-0.25, -0.2) is 0 Å². The minimum absolute atomic E-state index is 0.858. The van der Waals surface area contributed by atoms with E-state index in [2.05, 4.69) is 70.1 Å². The Balaban J connectivity index is 0.000000156. The van der Waals surface area contributed by atoms with E-state index in [0.717, 1.165) is 44.3 Å². The van der Waals surface area contributed by atoms with Gasteiger partial charge >= 0.3 is 0 Å². The molecule has 0 saturated carbocycles. The van der Waals surface area contributed by atoms with Crippen molar-refractivity contribution in [1.29, 1.82) is 0 Å². The van der Waals surface area contributed by atoms with Crippen molar-refractivity contribution in [1.82, 2.24) is 9.80 Å². The molecular weight excluding hydrogens is 356 g/mol. The number of halogens is 1. The summed E-state index contributed by atoms with van der Waals surface area (Å²) in [6.07, 6.45) is 0. The molecule has 2 heterocycles. The summed E-state index contributed by atoms with van der Waals surface area (Å²) in [5.74, 6) is 0. The van der Waals surface area contributed by atoms with Gasteiger partial charge in [0, 0.05) is 58.0 Å². The maximum absolute atomic E-state index is 6.14. The van der Waals surface area contributed by atoms with Crippen molar-refractivity contribution < 1.29 is 0 Å². The predicted octanol–water partition coefficient (Wildman–Crippen LogP) is 3.53. The van der Waals surface area contributed by atoms with E-state index < -0.39 is 0 Å². The average Bonchev–Trinajstić information content (AvgIpc) is 2.71. The van der Waals surface area contributed by atoms with E-state index in [1.807, 2.05) is 18.2 Å². The Kier molecular flexibility index (Phi) is 7.39. The zero-order chi connectivity index (χ0) is 19.1. The van der Waals surface area contributed by atoms with Crippen LogP contribution < -0.4 is 9.80 Å². The molecule has 4 rings (SSSR count). The van der Waals surface area contributed by atoms with Gasteiger partial charge in [0.1, 0.15) is 0 Å². The third-order valence-corrected chi connectivity index (χ3v) is 5.64. The molecule has 0 aromatic heterocycles. The first-order valence-electron chi connectivity index (χ1n) is 9.80. The van der Waals surface area contributed by atoms with Crippen LogP contribution in [0.25, 0.3) is 0 Å². The number of likely N-dealkylation sites (N-methyl/N-ethyl adjacent to an activating group) is 2. The molecule has 2 saturated heterocycles. The van der Waals surface area contributed by atoms with Crippen molar-refractivity contribution >= 4 is 23.0 Å². The van der Waals surface area contributed by atoms with Crippen LogP contribution in [0.15, 0.2) is 54.6 Å². The van der Waals surface area contributed by atoms with Crippen LogP contribution >= 0.6 is 11.6 Å². The monoisotopic (exact) mass is 386 g/mol. The van der Waals surface area contributed by atoms with Crippen LogP contribution in [0.4, 0.5) is 11.4 Å². The first kappa shape index (κ1) is 20.0. The Bertz CT molecular complexity index is 678. The molecule has 0 N–H and O–H groups in total.